The van der Waals surface area contributed by atoms with E-state index in [2.05, 4.69) is 121 Å². The molecule has 0 aliphatic carbocycles. The van der Waals surface area contributed by atoms with Gasteiger partial charge >= 0.3 is 11.9 Å². The van der Waals surface area contributed by atoms with E-state index in [1.54, 1.807) is 0 Å². The molecule has 0 aromatic heterocycles. The zero-order chi connectivity index (χ0) is 31.8. The molecule has 4 nitrogen and oxygen atoms in total. The monoisotopic (exact) mass is 616 g/mol. The molecule has 0 radical (unpaired) electrons. The Morgan fingerprint density at radius 3 is 0.957 bits per heavy atom. The van der Waals surface area contributed by atoms with Crippen LogP contribution in [0.25, 0.3) is 0 Å². The Kier molecular flexibility index (Phi) is 12.8. The topological polar surface area (TPSA) is 58.9 Å². The minimum Gasteiger partial charge on any atom is -0.476 e. The molecule has 0 spiro atoms. The number of hydrogen-bond acceptors (Lipinski definition) is 4. The summed E-state index contributed by atoms with van der Waals surface area (Å²) < 4.78 is 11.4. The second-order valence-electron chi connectivity index (χ2n) is 12.6. The number of ether oxygens (including phenoxy) is 2. The van der Waals surface area contributed by atoms with Crippen molar-refractivity contribution in [2.75, 3.05) is 0 Å². The van der Waals surface area contributed by atoms with E-state index < -0.39 is 11.9 Å². The predicted octanol–water partition coefficient (Wildman–Crippen LogP) is 10.8. The first-order valence-corrected chi connectivity index (χ1v) is 17.0. The maximum Gasteiger partial charge on any atom is 0.367 e. The van der Waals surface area contributed by atoms with Crippen molar-refractivity contribution in [2.24, 2.45) is 11.8 Å². The minimum absolute atomic E-state index is 0.541. The Morgan fingerprint density at radius 2 is 0.674 bits per heavy atom. The van der Waals surface area contributed by atoms with Crippen LogP contribution in [-0.2, 0) is 35.2 Å². The molecule has 0 amide bonds. The van der Waals surface area contributed by atoms with Crippen molar-refractivity contribution in [1.82, 2.24) is 0 Å². The van der Waals surface area contributed by atoms with E-state index >= 15 is 0 Å². The first-order valence-electron chi connectivity index (χ1n) is 17.0. The van der Waals surface area contributed by atoms with E-state index in [1.165, 1.54) is 22.3 Å². The summed E-state index contributed by atoms with van der Waals surface area (Å²) in [5, 5.41) is 20.2. The molecule has 4 aromatic rings. The van der Waals surface area contributed by atoms with Gasteiger partial charge in [0.05, 0.1) is 0 Å². The fourth-order valence-electron chi connectivity index (χ4n) is 6.59. The van der Waals surface area contributed by atoms with Gasteiger partial charge in [0, 0.05) is 12.8 Å². The summed E-state index contributed by atoms with van der Waals surface area (Å²) in [6, 6.07) is 43.0. The van der Waals surface area contributed by atoms with E-state index in [-0.39, 0.29) is 0 Å². The largest absolute Gasteiger partial charge is 0.476 e. The molecular formula is C42H48O4. The first kappa shape index (κ1) is 32.9. The molecule has 2 N–H and O–H groups in total. The Labute approximate surface area is 275 Å². The molecule has 4 aromatic carbocycles. The summed E-state index contributed by atoms with van der Waals surface area (Å²) in [4.78, 5) is 0. The van der Waals surface area contributed by atoms with Gasteiger partial charge in [-0.25, -0.2) is 0 Å². The molecule has 240 valence electrons. The molecule has 1 heterocycles. The van der Waals surface area contributed by atoms with Gasteiger partial charge in [0.15, 0.2) is 0 Å². The lowest BCUT2D eigenvalue weighted by molar-refractivity contribution is 0.0111. The van der Waals surface area contributed by atoms with E-state index in [4.69, 9.17) is 9.47 Å². The van der Waals surface area contributed by atoms with Gasteiger partial charge in [0.2, 0.25) is 0 Å². The fourth-order valence-corrected chi connectivity index (χ4v) is 6.59. The van der Waals surface area contributed by atoms with E-state index in [9.17, 15) is 10.2 Å². The molecule has 4 heteroatoms. The summed E-state index contributed by atoms with van der Waals surface area (Å²) in [5.41, 5.74) is 5.49. The normalized spacial score (nSPS) is 13.3. The van der Waals surface area contributed by atoms with Crippen molar-refractivity contribution in [3.8, 4) is 0 Å². The highest BCUT2D eigenvalue weighted by Crippen LogP contribution is 2.31. The summed E-state index contributed by atoms with van der Waals surface area (Å²) >= 11 is 0. The lowest BCUT2D eigenvalue weighted by Gasteiger charge is -2.22. The highest BCUT2D eigenvalue weighted by atomic mass is 16.7. The summed E-state index contributed by atoms with van der Waals surface area (Å²) in [7, 11) is 0. The SMILES string of the molecule is OC1=C(O)OC(CCCCC(Cc2ccccc2)Cc2ccccc2)=C(CCCCC(Cc2ccccc2)Cc2ccccc2)O1. The first-order chi connectivity index (χ1) is 22.6. The third-order valence-electron chi connectivity index (χ3n) is 8.93. The smallest absolute Gasteiger partial charge is 0.367 e. The lowest BCUT2D eigenvalue weighted by Crippen LogP contribution is -2.12. The van der Waals surface area contributed by atoms with Gasteiger partial charge in [0.25, 0.3) is 0 Å². The second kappa shape index (κ2) is 17.9. The average Bonchev–Trinajstić information content (AvgIpc) is 3.08. The highest BCUT2D eigenvalue weighted by molar-refractivity contribution is 5.20. The van der Waals surface area contributed by atoms with Crippen LogP contribution in [-0.4, -0.2) is 10.2 Å². The zero-order valence-electron chi connectivity index (χ0n) is 26.9. The maximum atomic E-state index is 10.1. The van der Waals surface area contributed by atoms with Crippen LogP contribution in [0.2, 0.25) is 0 Å². The maximum absolute atomic E-state index is 10.1. The molecule has 0 unspecified atom stereocenters. The van der Waals surface area contributed by atoms with Gasteiger partial charge in [-0.15, -0.1) is 0 Å². The van der Waals surface area contributed by atoms with E-state index in [0.717, 1.165) is 64.2 Å². The van der Waals surface area contributed by atoms with E-state index in [1.807, 2.05) is 0 Å². The van der Waals surface area contributed by atoms with Crippen molar-refractivity contribution < 1.29 is 19.7 Å². The predicted molar refractivity (Wildman–Crippen MR) is 186 cm³/mol. The van der Waals surface area contributed by atoms with Crippen LogP contribution < -0.4 is 0 Å². The van der Waals surface area contributed by atoms with E-state index in [0.29, 0.717) is 36.2 Å². The van der Waals surface area contributed by atoms with Gasteiger partial charge in [0.1, 0.15) is 11.5 Å². The molecule has 46 heavy (non-hydrogen) atoms. The Hall–Kier alpha value is -4.44. The highest BCUT2D eigenvalue weighted by Gasteiger charge is 2.24. The van der Waals surface area contributed by atoms with Crippen molar-refractivity contribution in [3.05, 3.63) is 167 Å². The number of benzene rings is 4. The minimum atomic E-state index is -0.546. The van der Waals surface area contributed by atoms with Gasteiger partial charge in [-0.05, 0) is 85.5 Å². The van der Waals surface area contributed by atoms with Gasteiger partial charge < -0.3 is 19.7 Å². The van der Waals surface area contributed by atoms with Gasteiger partial charge in [-0.1, -0.05) is 134 Å². The summed E-state index contributed by atoms with van der Waals surface area (Å²) in [5.74, 6) is 1.27. The molecule has 0 saturated carbocycles. The van der Waals surface area contributed by atoms with Crippen LogP contribution in [0.1, 0.15) is 73.6 Å². The third-order valence-corrected chi connectivity index (χ3v) is 8.93. The summed E-state index contributed by atoms with van der Waals surface area (Å²) in [6.07, 6.45) is 11.7. The lowest BCUT2D eigenvalue weighted by atomic mass is 9.88. The molecule has 0 atom stereocenters. The Morgan fingerprint density at radius 1 is 0.391 bits per heavy atom. The quantitative estimate of drug-likeness (QED) is 0.109. The zero-order valence-corrected chi connectivity index (χ0v) is 26.9. The van der Waals surface area contributed by atoms with Crippen LogP contribution in [0.4, 0.5) is 0 Å². The number of hydrogen-bond donors (Lipinski definition) is 2. The van der Waals surface area contributed by atoms with Crippen molar-refractivity contribution in [2.45, 2.75) is 77.0 Å². The third kappa shape index (κ3) is 10.9. The summed E-state index contributed by atoms with van der Waals surface area (Å²) in [6.45, 7) is 0. The molecule has 0 fully saturated rings. The number of allylic oxidation sites excluding steroid dienone is 2. The standard InChI is InChI=1S/C42H48O4/c43-41-42(44)46-40(28-16-14-26-38(31-35-21-9-3-10-22-35)32-36-23-11-4-12-24-36)39(45-41)27-15-13-25-37(29-33-17-5-1-6-18-33)30-34-19-7-2-8-20-34/h1-12,17-24,37-38,43-44H,13-16,25-32H2. The van der Waals surface area contributed by atoms with Crippen molar-refractivity contribution >= 4 is 0 Å². The van der Waals surface area contributed by atoms with Crippen molar-refractivity contribution in [3.63, 3.8) is 0 Å². The molecule has 0 bridgehead atoms. The van der Waals surface area contributed by atoms with Crippen LogP contribution in [0.3, 0.4) is 0 Å². The fraction of sp³-hybridized carbons (Fsp3) is 0.333. The van der Waals surface area contributed by atoms with Crippen LogP contribution in [0, 0.1) is 11.8 Å². The number of unbranched alkanes of at least 4 members (excludes halogenated alkanes) is 2. The Bertz CT molecular complexity index is 1300. The number of aliphatic hydroxyl groups excluding tert-OH is 2. The number of rotatable bonds is 18. The molecule has 1 aliphatic heterocycles. The molecule has 1 aliphatic rings. The van der Waals surface area contributed by atoms with Gasteiger partial charge in [-0.2, -0.15) is 0 Å². The average molecular weight is 617 g/mol. The number of aliphatic hydroxyl groups is 2. The Balaban J connectivity index is 1.14. The molecule has 0 saturated heterocycles. The van der Waals surface area contributed by atoms with Crippen LogP contribution in [0.15, 0.2) is 145 Å². The molecular weight excluding hydrogens is 568 g/mol. The van der Waals surface area contributed by atoms with Gasteiger partial charge in [-0.3, -0.25) is 0 Å². The van der Waals surface area contributed by atoms with Crippen LogP contribution >= 0.6 is 0 Å². The second-order valence-corrected chi connectivity index (χ2v) is 12.6. The van der Waals surface area contributed by atoms with Crippen molar-refractivity contribution in [1.29, 1.82) is 0 Å². The van der Waals surface area contributed by atoms with Crippen LogP contribution in [0.5, 0.6) is 0 Å². The molecule has 5 rings (SSSR count).